The van der Waals surface area contributed by atoms with E-state index in [1.807, 2.05) is 0 Å². The number of hydrogen-bond donors (Lipinski definition) is 8. The van der Waals surface area contributed by atoms with E-state index in [2.05, 4.69) is 6.92 Å². The maximum Gasteiger partial charge on any atom is 0.311 e. The predicted octanol–water partition coefficient (Wildman–Crippen LogP) is 1.55. The molecule has 24 atom stereocenters. The lowest BCUT2D eigenvalue weighted by molar-refractivity contribution is -0.400. The normalized spacial score (nSPS) is 42.3. The first-order chi connectivity index (χ1) is 34.2. The fourth-order valence-electron chi connectivity index (χ4n) is 9.49. The minimum absolute atomic E-state index is 0.0661. The van der Waals surface area contributed by atoms with Crippen LogP contribution >= 0.6 is 0 Å². The van der Waals surface area contributed by atoms with Crippen LogP contribution in [0.3, 0.4) is 0 Å². The first kappa shape index (κ1) is 60.6. The molecular weight excluding hydrogens is 953 g/mol. The van der Waals surface area contributed by atoms with Crippen LogP contribution in [-0.4, -0.2) is 200 Å². The van der Waals surface area contributed by atoms with Crippen LogP contribution in [0.1, 0.15) is 145 Å². The summed E-state index contributed by atoms with van der Waals surface area (Å²) in [5.74, 6) is -4.35. The smallest absolute Gasteiger partial charge is 0.311 e. The molecule has 5 fully saturated rings. The number of hydrogen-bond acceptors (Lipinski definition) is 22. The van der Waals surface area contributed by atoms with Crippen LogP contribution in [0.4, 0.5) is 0 Å². The molecule has 2 bridgehead atoms. The number of rotatable bonds is 15. The third-order valence-corrected chi connectivity index (χ3v) is 14.7. The van der Waals surface area contributed by atoms with Gasteiger partial charge in [-0.1, -0.05) is 78.6 Å². The topological polar surface area (TPSA) is 315 Å². The maximum absolute atomic E-state index is 14.0. The van der Waals surface area contributed by atoms with Crippen molar-refractivity contribution >= 4 is 17.9 Å². The van der Waals surface area contributed by atoms with E-state index < -0.39 is 165 Å². The third kappa shape index (κ3) is 15.7. The molecule has 5 heterocycles. The number of aliphatic hydroxyl groups excluding tert-OH is 8. The quantitative estimate of drug-likeness (QED) is 0.0655. The molecule has 72 heavy (non-hydrogen) atoms. The van der Waals surface area contributed by atoms with Gasteiger partial charge in [-0.05, 0) is 60.3 Å². The van der Waals surface area contributed by atoms with E-state index in [1.54, 1.807) is 20.8 Å². The largest absolute Gasteiger partial charge is 0.456 e. The van der Waals surface area contributed by atoms with Crippen molar-refractivity contribution in [1.82, 2.24) is 0 Å². The van der Waals surface area contributed by atoms with Crippen LogP contribution < -0.4 is 0 Å². The van der Waals surface area contributed by atoms with Crippen LogP contribution in [0.15, 0.2) is 0 Å². The number of esters is 3. The van der Waals surface area contributed by atoms with Crippen molar-refractivity contribution in [3.05, 3.63) is 0 Å². The lowest BCUT2D eigenvalue weighted by Gasteiger charge is -2.50. The van der Waals surface area contributed by atoms with Gasteiger partial charge < -0.3 is 93.0 Å². The Labute approximate surface area is 423 Å². The molecule has 0 radical (unpaired) electrons. The monoisotopic (exact) mass is 1040 g/mol. The Morgan fingerprint density at radius 3 is 1.88 bits per heavy atom. The first-order valence-corrected chi connectivity index (χ1v) is 26.4. The van der Waals surface area contributed by atoms with Gasteiger partial charge in [0.25, 0.3) is 0 Å². The number of unbranched alkanes of at least 4 members (excludes halogenated alkanes) is 2. The number of fused-ring (bicyclic) bond motifs is 3. The molecule has 22 nitrogen and oxygen atoms in total. The predicted molar refractivity (Wildman–Crippen MR) is 250 cm³/mol. The Hall–Kier alpha value is -2.23. The highest BCUT2D eigenvalue weighted by atomic mass is 16.8. The zero-order valence-corrected chi connectivity index (χ0v) is 43.3. The number of carbonyl (C=O) groups excluding carboxylic acids is 3. The van der Waals surface area contributed by atoms with Crippen molar-refractivity contribution in [2.24, 2.45) is 11.8 Å². The van der Waals surface area contributed by atoms with Crippen LogP contribution in [0, 0.1) is 11.8 Å². The molecule has 0 saturated carbocycles. The first-order valence-electron chi connectivity index (χ1n) is 26.4. The summed E-state index contributed by atoms with van der Waals surface area (Å²) in [6.07, 6.45) is -23.4. The van der Waals surface area contributed by atoms with E-state index in [0.717, 1.165) is 51.4 Å². The summed E-state index contributed by atoms with van der Waals surface area (Å²) in [5, 5.41) is 88.5. The van der Waals surface area contributed by atoms with E-state index in [-0.39, 0.29) is 18.9 Å². The molecule has 8 N–H and O–H groups in total. The van der Waals surface area contributed by atoms with Gasteiger partial charge in [-0.3, -0.25) is 14.4 Å². The summed E-state index contributed by atoms with van der Waals surface area (Å²) in [6, 6.07) is 0. The lowest BCUT2D eigenvalue weighted by atomic mass is 9.95. The molecule has 0 aromatic carbocycles. The molecule has 0 aliphatic carbocycles. The zero-order chi connectivity index (χ0) is 53.0. The second-order valence-corrected chi connectivity index (χ2v) is 20.5. The second-order valence-electron chi connectivity index (χ2n) is 20.5. The summed E-state index contributed by atoms with van der Waals surface area (Å²) in [6.45, 7) is 11.8. The summed E-state index contributed by atoms with van der Waals surface area (Å²) in [4.78, 5) is 41.4. The van der Waals surface area contributed by atoms with E-state index in [4.69, 9.17) is 52.1 Å². The van der Waals surface area contributed by atoms with Crippen LogP contribution in [0.5, 0.6) is 0 Å². The Morgan fingerprint density at radius 1 is 0.611 bits per heavy atom. The van der Waals surface area contributed by atoms with Crippen LogP contribution in [0.25, 0.3) is 0 Å². The average molecular weight is 1040 g/mol. The molecule has 5 aliphatic heterocycles. The second kappa shape index (κ2) is 28.8. The van der Waals surface area contributed by atoms with E-state index in [9.17, 15) is 55.2 Å². The Morgan fingerprint density at radius 2 is 1.22 bits per heavy atom. The summed E-state index contributed by atoms with van der Waals surface area (Å²) in [5.41, 5.74) is 0. The summed E-state index contributed by atoms with van der Waals surface area (Å²) >= 11 is 0. The lowest BCUT2D eigenvalue weighted by Crippen LogP contribution is -2.68. The summed E-state index contributed by atoms with van der Waals surface area (Å²) < 4.78 is 69.1. The van der Waals surface area contributed by atoms with Crippen LogP contribution in [0.2, 0.25) is 0 Å². The maximum atomic E-state index is 14.0. The minimum atomic E-state index is -1.91. The fourth-order valence-corrected chi connectivity index (χ4v) is 9.49. The summed E-state index contributed by atoms with van der Waals surface area (Å²) in [7, 11) is 0. The molecule has 5 rings (SSSR count). The molecule has 0 aromatic heterocycles. The van der Waals surface area contributed by atoms with Crippen molar-refractivity contribution in [3.63, 3.8) is 0 Å². The Balaban J connectivity index is 1.63. The molecule has 0 aromatic rings. The number of ether oxygens (including phenoxy) is 11. The molecule has 22 heteroatoms. The number of carbonyl (C=O) groups is 3. The Bertz CT molecular complexity index is 1640. The van der Waals surface area contributed by atoms with Crippen molar-refractivity contribution in [1.29, 1.82) is 0 Å². The molecule has 5 aliphatic rings. The molecule has 0 spiro atoms. The molecule has 0 unspecified atom stereocenters. The molecule has 418 valence electrons. The van der Waals surface area contributed by atoms with Gasteiger partial charge in [-0.25, -0.2) is 0 Å². The third-order valence-electron chi connectivity index (χ3n) is 14.7. The van der Waals surface area contributed by atoms with Gasteiger partial charge in [0.05, 0.1) is 49.0 Å². The standard InChI is InChI=1S/C50H86O22/c1-9-11-17-20-30-21-18-15-13-12-14-16-19-22-32(53)67-40-35(56)31(23-51)66-50(70-41-37(58)34(55)28(7)63-48(41)65-30)43(40)72-49-44(69-45(60)24(3)10-2)42(71-47-38(59)36(57)33(54)27(6)62-47)39(29(8)64-49)68-46(61)25(4)26(5)52/h24-31,33-44,47-52,54-59H,9-23H2,1-8H3/t24-,25+,26+,27-,28+,29-,30-,31+,33-,34-,35+,36+,37-,38+,39-,40-,41+,42+,43+,44+,47-,48-,49-,50-/m0/s1. The van der Waals surface area contributed by atoms with Gasteiger partial charge in [0.15, 0.2) is 49.6 Å². The number of aliphatic hydroxyl groups is 8. The zero-order valence-electron chi connectivity index (χ0n) is 43.3. The fraction of sp³-hybridized carbons (Fsp3) is 0.940. The van der Waals surface area contributed by atoms with Gasteiger partial charge in [0.2, 0.25) is 0 Å². The van der Waals surface area contributed by atoms with Gasteiger partial charge in [0.1, 0.15) is 54.9 Å². The van der Waals surface area contributed by atoms with Crippen molar-refractivity contribution < 1.29 is 107 Å². The van der Waals surface area contributed by atoms with Gasteiger partial charge in [0, 0.05) is 6.42 Å². The van der Waals surface area contributed by atoms with Crippen molar-refractivity contribution in [3.8, 4) is 0 Å². The van der Waals surface area contributed by atoms with E-state index in [0.29, 0.717) is 25.7 Å². The van der Waals surface area contributed by atoms with E-state index in [1.165, 1.54) is 27.7 Å². The van der Waals surface area contributed by atoms with E-state index >= 15 is 0 Å². The van der Waals surface area contributed by atoms with Crippen LogP contribution in [-0.2, 0) is 66.5 Å². The minimum Gasteiger partial charge on any atom is -0.456 e. The van der Waals surface area contributed by atoms with Crippen molar-refractivity contribution in [2.45, 2.75) is 280 Å². The molecular formula is C50H86O22. The van der Waals surface area contributed by atoms with Crippen molar-refractivity contribution in [2.75, 3.05) is 6.61 Å². The Kier molecular flexibility index (Phi) is 24.2. The molecule has 0 amide bonds. The SMILES string of the molecule is CCCCC[C@H]1CCCCCCCCCC(=O)O[C@H]2[C@H](O)[C@@H](CO)O[C@@H](O[C@H]3[C@H](O1)O[C@H](C)[C@H](O)[C@@H]3O)[C@@H]2O[C@@H]1O[C@@H](C)[C@H](OC(=O)[C@H](C)[C@@H](C)O)[C@@H](O[C@@H]2O[C@@H](C)[C@H](O)[C@@H](O)[C@H]2O)[C@H]1OC(=O)[C@@H](C)CC. The van der Waals surface area contributed by atoms with Gasteiger partial charge in [-0.2, -0.15) is 0 Å². The highest BCUT2D eigenvalue weighted by molar-refractivity contribution is 5.73. The van der Waals surface area contributed by atoms with Gasteiger partial charge in [-0.15, -0.1) is 0 Å². The highest BCUT2D eigenvalue weighted by Crippen LogP contribution is 2.39. The average Bonchev–Trinajstić information content (AvgIpc) is 3.34. The highest BCUT2D eigenvalue weighted by Gasteiger charge is 2.58. The molecule has 5 saturated heterocycles. The van der Waals surface area contributed by atoms with Gasteiger partial charge >= 0.3 is 17.9 Å².